The van der Waals surface area contributed by atoms with Crippen molar-refractivity contribution < 1.29 is 18.4 Å². The molecule has 1 saturated carbocycles. The van der Waals surface area contributed by atoms with Crippen LogP contribution in [-0.4, -0.2) is 53.8 Å². The Bertz CT molecular complexity index is 921. The molecule has 1 atom stereocenters. The van der Waals surface area contributed by atoms with E-state index in [-0.39, 0.29) is 29.6 Å². The van der Waals surface area contributed by atoms with Crippen molar-refractivity contribution in [2.45, 2.75) is 31.7 Å². The monoisotopic (exact) mass is 427 g/mol. The Balaban J connectivity index is 1.43. The van der Waals surface area contributed by atoms with Crippen molar-refractivity contribution >= 4 is 17.5 Å². The van der Waals surface area contributed by atoms with Gasteiger partial charge in [-0.05, 0) is 61.2 Å². The molecule has 1 unspecified atom stereocenters. The average Bonchev–Trinajstić information content (AvgIpc) is 3.30. The number of halogens is 2. The fourth-order valence-electron chi connectivity index (χ4n) is 4.71. The molecule has 1 saturated heterocycles. The van der Waals surface area contributed by atoms with E-state index in [1.165, 1.54) is 30.3 Å². The Kier molecular flexibility index (Phi) is 6.61. The second-order valence-electron chi connectivity index (χ2n) is 8.32. The van der Waals surface area contributed by atoms with Gasteiger partial charge in [0.1, 0.15) is 11.6 Å². The molecule has 2 aromatic carbocycles. The zero-order valence-corrected chi connectivity index (χ0v) is 17.4. The van der Waals surface area contributed by atoms with E-state index in [1.807, 2.05) is 0 Å². The summed E-state index contributed by atoms with van der Waals surface area (Å²) in [7, 11) is 0. The van der Waals surface area contributed by atoms with Gasteiger partial charge in [0, 0.05) is 37.4 Å². The number of rotatable bonds is 5. The molecule has 0 spiro atoms. The van der Waals surface area contributed by atoms with Crippen molar-refractivity contribution in [1.82, 2.24) is 9.80 Å². The largest absolute Gasteiger partial charge is 0.336 e. The normalized spacial score (nSPS) is 18.7. The van der Waals surface area contributed by atoms with Crippen LogP contribution in [0, 0.1) is 17.6 Å². The van der Waals surface area contributed by atoms with Crippen molar-refractivity contribution in [3.05, 3.63) is 65.7 Å². The maximum Gasteiger partial charge on any atom is 0.254 e. The minimum atomic E-state index is -0.428. The fraction of sp³-hybridized carbons (Fsp3) is 0.417. The van der Waals surface area contributed by atoms with Gasteiger partial charge in [-0.25, -0.2) is 8.78 Å². The van der Waals surface area contributed by atoms with Gasteiger partial charge in [0.15, 0.2) is 0 Å². The number of nitrogens with zero attached hydrogens (tertiary/aromatic N) is 2. The third kappa shape index (κ3) is 5.10. The van der Waals surface area contributed by atoms with Crippen LogP contribution in [0.25, 0.3) is 0 Å². The van der Waals surface area contributed by atoms with Crippen molar-refractivity contribution in [3.8, 4) is 0 Å². The first-order valence-corrected chi connectivity index (χ1v) is 10.9. The van der Waals surface area contributed by atoms with Gasteiger partial charge in [-0.1, -0.05) is 18.9 Å². The second kappa shape index (κ2) is 9.56. The quantitative estimate of drug-likeness (QED) is 0.787. The molecule has 4 rings (SSSR count). The summed E-state index contributed by atoms with van der Waals surface area (Å²) in [6, 6.07) is 11.2. The van der Waals surface area contributed by atoms with E-state index in [0.29, 0.717) is 37.4 Å². The molecule has 1 aliphatic carbocycles. The predicted molar refractivity (Wildman–Crippen MR) is 115 cm³/mol. The first-order chi connectivity index (χ1) is 15.0. The van der Waals surface area contributed by atoms with Gasteiger partial charge < -0.3 is 10.2 Å². The highest BCUT2D eigenvalue weighted by atomic mass is 19.1. The van der Waals surface area contributed by atoms with Crippen molar-refractivity contribution in [1.29, 1.82) is 0 Å². The Morgan fingerprint density at radius 1 is 0.903 bits per heavy atom. The van der Waals surface area contributed by atoms with Gasteiger partial charge >= 0.3 is 0 Å². The highest BCUT2D eigenvalue weighted by molar-refractivity contribution is 5.95. The molecular weight excluding hydrogens is 400 g/mol. The lowest BCUT2D eigenvalue weighted by Crippen LogP contribution is -2.56. The Labute approximate surface area is 181 Å². The molecule has 164 valence electrons. The van der Waals surface area contributed by atoms with Gasteiger partial charge in [-0.3, -0.25) is 14.5 Å². The SMILES string of the molecule is O=C(Nc1ccc(F)cc1)C(C1CCCC1)N1CCN(C(=O)c2cccc(F)c2)CC1. The molecule has 2 aromatic rings. The van der Waals surface area contributed by atoms with E-state index in [2.05, 4.69) is 10.2 Å². The summed E-state index contributed by atoms with van der Waals surface area (Å²) in [4.78, 5) is 29.8. The van der Waals surface area contributed by atoms with E-state index in [0.717, 1.165) is 25.7 Å². The van der Waals surface area contributed by atoms with Crippen molar-refractivity contribution in [2.75, 3.05) is 31.5 Å². The van der Waals surface area contributed by atoms with Crippen LogP contribution >= 0.6 is 0 Å². The lowest BCUT2D eigenvalue weighted by molar-refractivity contribution is -0.123. The number of carbonyl (C=O) groups is 2. The van der Waals surface area contributed by atoms with Gasteiger partial charge in [-0.15, -0.1) is 0 Å². The second-order valence-corrected chi connectivity index (χ2v) is 8.32. The lowest BCUT2D eigenvalue weighted by Gasteiger charge is -2.40. The molecule has 1 heterocycles. The highest BCUT2D eigenvalue weighted by Gasteiger charge is 2.37. The summed E-state index contributed by atoms with van der Waals surface area (Å²) >= 11 is 0. The number of anilines is 1. The smallest absolute Gasteiger partial charge is 0.254 e. The molecule has 0 aromatic heterocycles. The zero-order valence-electron chi connectivity index (χ0n) is 17.4. The summed E-state index contributed by atoms with van der Waals surface area (Å²) in [6.07, 6.45) is 4.24. The molecule has 0 bridgehead atoms. The van der Waals surface area contributed by atoms with E-state index in [1.54, 1.807) is 23.1 Å². The van der Waals surface area contributed by atoms with Gasteiger partial charge in [0.2, 0.25) is 5.91 Å². The number of hydrogen-bond donors (Lipinski definition) is 1. The van der Waals surface area contributed by atoms with Crippen LogP contribution in [0.3, 0.4) is 0 Å². The molecule has 2 amide bonds. The number of hydrogen-bond acceptors (Lipinski definition) is 3. The molecule has 2 fully saturated rings. The number of piperazine rings is 1. The summed E-state index contributed by atoms with van der Waals surface area (Å²) in [5, 5.41) is 2.94. The summed E-state index contributed by atoms with van der Waals surface area (Å²) in [5.41, 5.74) is 0.921. The predicted octanol–water partition coefficient (Wildman–Crippen LogP) is 3.92. The maximum atomic E-state index is 13.5. The molecule has 0 radical (unpaired) electrons. The first-order valence-electron chi connectivity index (χ1n) is 10.9. The average molecular weight is 427 g/mol. The van der Waals surface area contributed by atoms with E-state index < -0.39 is 5.82 Å². The molecule has 1 aliphatic heterocycles. The third-order valence-electron chi connectivity index (χ3n) is 6.29. The molecule has 31 heavy (non-hydrogen) atoms. The van der Waals surface area contributed by atoms with Crippen LogP contribution in [0.4, 0.5) is 14.5 Å². The number of amides is 2. The zero-order chi connectivity index (χ0) is 21.8. The molecule has 2 aliphatic rings. The third-order valence-corrected chi connectivity index (χ3v) is 6.29. The number of benzene rings is 2. The van der Waals surface area contributed by atoms with Crippen LogP contribution in [0.1, 0.15) is 36.0 Å². The topological polar surface area (TPSA) is 52.7 Å². The minimum absolute atomic E-state index is 0.0802. The number of nitrogens with one attached hydrogen (secondary N) is 1. The van der Waals surface area contributed by atoms with E-state index in [9.17, 15) is 18.4 Å². The highest BCUT2D eigenvalue weighted by Crippen LogP contribution is 2.32. The van der Waals surface area contributed by atoms with Crippen LogP contribution < -0.4 is 5.32 Å². The van der Waals surface area contributed by atoms with E-state index >= 15 is 0 Å². The lowest BCUT2D eigenvalue weighted by atomic mass is 9.94. The molecule has 7 heteroatoms. The maximum absolute atomic E-state index is 13.5. The number of carbonyl (C=O) groups excluding carboxylic acids is 2. The standard InChI is InChI=1S/C24H27F2N3O2/c25-19-8-10-21(11-9-19)27-23(30)22(17-4-1-2-5-17)28-12-14-29(15-13-28)24(31)18-6-3-7-20(26)16-18/h3,6-11,16-17,22H,1-2,4-5,12-15H2,(H,27,30). The molecule has 1 N–H and O–H groups in total. The van der Waals surface area contributed by atoms with Crippen LogP contribution in [-0.2, 0) is 4.79 Å². The van der Waals surface area contributed by atoms with E-state index in [4.69, 9.17) is 0 Å². The molecular formula is C24H27F2N3O2. The van der Waals surface area contributed by atoms with Crippen LogP contribution in [0.15, 0.2) is 48.5 Å². The van der Waals surface area contributed by atoms with Crippen LogP contribution in [0.5, 0.6) is 0 Å². The fourth-order valence-corrected chi connectivity index (χ4v) is 4.71. The Morgan fingerprint density at radius 3 is 2.23 bits per heavy atom. The minimum Gasteiger partial charge on any atom is -0.336 e. The summed E-state index contributed by atoms with van der Waals surface area (Å²) < 4.78 is 26.7. The Hall–Kier alpha value is -2.80. The summed E-state index contributed by atoms with van der Waals surface area (Å²) in [6.45, 7) is 2.14. The van der Waals surface area contributed by atoms with Crippen molar-refractivity contribution in [2.24, 2.45) is 5.92 Å². The van der Waals surface area contributed by atoms with Gasteiger partial charge in [0.05, 0.1) is 6.04 Å². The van der Waals surface area contributed by atoms with Gasteiger partial charge in [-0.2, -0.15) is 0 Å². The first kappa shape index (κ1) is 21.4. The molecule has 5 nitrogen and oxygen atoms in total. The summed E-state index contributed by atoms with van der Waals surface area (Å²) in [5.74, 6) is -0.769. The Morgan fingerprint density at radius 2 is 1.58 bits per heavy atom. The van der Waals surface area contributed by atoms with Gasteiger partial charge in [0.25, 0.3) is 5.91 Å². The van der Waals surface area contributed by atoms with Crippen molar-refractivity contribution in [3.63, 3.8) is 0 Å². The van der Waals surface area contributed by atoms with Crippen LogP contribution in [0.2, 0.25) is 0 Å².